The number of benzene rings is 1. The Morgan fingerprint density at radius 3 is 2.85 bits per heavy atom. The third kappa shape index (κ3) is 2.46. The van der Waals surface area contributed by atoms with E-state index in [1.165, 1.54) is 4.88 Å². The zero-order valence-electron chi connectivity index (χ0n) is 11.2. The number of thiophene rings is 1. The van der Waals surface area contributed by atoms with Gasteiger partial charge in [0.15, 0.2) is 0 Å². The van der Waals surface area contributed by atoms with E-state index in [-0.39, 0.29) is 5.91 Å². The highest BCUT2D eigenvalue weighted by molar-refractivity contribution is 7.98. The van der Waals surface area contributed by atoms with Crippen molar-refractivity contribution >= 4 is 44.9 Å². The molecular weight excluding hydrogens is 288 g/mol. The van der Waals surface area contributed by atoms with E-state index in [1.54, 1.807) is 23.1 Å². The molecular formula is C15H14N2OS2. The fourth-order valence-electron chi connectivity index (χ4n) is 2.11. The molecule has 3 rings (SSSR count). The van der Waals surface area contributed by atoms with E-state index in [4.69, 9.17) is 0 Å². The van der Waals surface area contributed by atoms with Crippen LogP contribution in [0, 0.1) is 6.92 Å². The molecule has 0 aliphatic rings. The van der Waals surface area contributed by atoms with Crippen LogP contribution >= 0.6 is 23.1 Å². The van der Waals surface area contributed by atoms with Crippen LogP contribution in [0.25, 0.3) is 10.2 Å². The van der Waals surface area contributed by atoms with Gasteiger partial charge in [0.2, 0.25) is 0 Å². The van der Waals surface area contributed by atoms with Crippen molar-refractivity contribution in [3.05, 3.63) is 47.0 Å². The van der Waals surface area contributed by atoms with Crippen molar-refractivity contribution in [3.63, 3.8) is 0 Å². The fourth-order valence-corrected chi connectivity index (χ4v) is 3.58. The summed E-state index contributed by atoms with van der Waals surface area (Å²) in [5.41, 5.74) is 2.47. The second kappa shape index (κ2) is 5.34. The number of aryl methyl sites for hydroxylation is 1. The van der Waals surface area contributed by atoms with Crippen molar-refractivity contribution in [2.24, 2.45) is 0 Å². The standard InChI is InChI=1S/C15H14N2OS2/c1-9-7-11-14(20-9)8-12(16-11)15(18)17-10-5-3-4-6-13(10)19-2/h3-8,16H,1-2H3,(H,17,18). The van der Waals surface area contributed by atoms with Crippen LogP contribution < -0.4 is 5.32 Å². The first-order chi connectivity index (χ1) is 9.67. The number of para-hydroxylation sites is 1. The van der Waals surface area contributed by atoms with Gasteiger partial charge in [0.05, 0.1) is 15.9 Å². The largest absolute Gasteiger partial charge is 0.350 e. The number of nitrogens with one attached hydrogen (secondary N) is 2. The minimum atomic E-state index is -0.104. The van der Waals surface area contributed by atoms with Crippen molar-refractivity contribution in [2.45, 2.75) is 11.8 Å². The minimum absolute atomic E-state index is 0.104. The number of carbonyl (C=O) groups is 1. The van der Waals surface area contributed by atoms with E-state index in [0.29, 0.717) is 5.69 Å². The molecule has 3 aromatic rings. The lowest BCUT2D eigenvalue weighted by atomic mass is 10.3. The summed E-state index contributed by atoms with van der Waals surface area (Å²) in [6.45, 7) is 2.06. The molecule has 2 aromatic heterocycles. The molecule has 0 spiro atoms. The fraction of sp³-hybridized carbons (Fsp3) is 0.133. The number of anilines is 1. The molecule has 0 radical (unpaired) electrons. The summed E-state index contributed by atoms with van der Waals surface area (Å²) in [5, 5.41) is 2.96. The number of hydrogen-bond acceptors (Lipinski definition) is 3. The van der Waals surface area contributed by atoms with Gasteiger partial charge < -0.3 is 10.3 Å². The Kier molecular flexibility index (Phi) is 3.54. The van der Waals surface area contributed by atoms with Crippen LogP contribution in [0.15, 0.2) is 41.3 Å². The summed E-state index contributed by atoms with van der Waals surface area (Å²) in [6.07, 6.45) is 2.00. The summed E-state index contributed by atoms with van der Waals surface area (Å²) in [4.78, 5) is 17.8. The van der Waals surface area contributed by atoms with Gasteiger partial charge in [0, 0.05) is 9.77 Å². The molecule has 0 saturated heterocycles. The lowest BCUT2D eigenvalue weighted by Gasteiger charge is -2.08. The maximum Gasteiger partial charge on any atom is 0.272 e. The van der Waals surface area contributed by atoms with Crippen LogP contribution in [-0.4, -0.2) is 17.1 Å². The third-order valence-electron chi connectivity index (χ3n) is 3.03. The van der Waals surface area contributed by atoms with Gasteiger partial charge in [-0.3, -0.25) is 4.79 Å². The van der Waals surface area contributed by atoms with Crippen molar-refractivity contribution < 1.29 is 4.79 Å². The molecule has 5 heteroatoms. The summed E-state index contributed by atoms with van der Waals surface area (Å²) in [6, 6.07) is 11.8. The number of rotatable bonds is 3. The van der Waals surface area contributed by atoms with Gasteiger partial charge in [-0.1, -0.05) is 12.1 Å². The molecule has 2 N–H and O–H groups in total. The molecule has 0 aliphatic heterocycles. The van der Waals surface area contributed by atoms with Crippen LogP contribution in [0.1, 0.15) is 15.4 Å². The average molecular weight is 302 g/mol. The maximum absolute atomic E-state index is 12.3. The topological polar surface area (TPSA) is 44.9 Å². The van der Waals surface area contributed by atoms with E-state index in [0.717, 1.165) is 20.8 Å². The molecule has 1 aromatic carbocycles. The Labute approximate surface area is 125 Å². The predicted molar refractivity (Wildman–Crippen MR) is 87.1 cm³/mol. The highest BCUT2D eigenvalue weighted by Crippen LogP contribution is 2.27. The minimum Gasteiger partial charge on any atom is -0.350 e. The van der Waals surface area contributed by atoms with Gasteiger partial charge in [0.1, 0.15) is 5.69 Å². The van der Waals surface area contributed by atoms with Crippen molar-refractivity contribution in [2.75, 3.05) is 11.6 Å². The monoisotopic (exact) mass is 302 g/mol. The predicted octanol–water partition coefficient (Wildman–Crippen LogP) is 4.51. The Morgan fingerprint density at radius 1 is 1.30 bits per heavy atom. The molecule has 0 unspecified atom stereocenters. The van der Waals surface area contributed by atoms with E-state index >= 15 is 0 Å². The molecule has 3 nitrogen and oxygen atoms in total. The van der Waals surface area contributed by atoms with Gasteiger partial charge in [0.25, 0.3) is 5.91 Å². The second-order valence-corrected chi connectivity index (χ2v) is 6.61. The molecule has 1 amide bonds. The van der Waals surface area contributed by atoms with Crippen molar-refractivity contribution in [1.82, 2.24) is 4.98 Å². The lowest BCUT2D eigenvalue weighted by Crippen LogP contribution is -2.12. The molecule has 0 saturated carbocycles. The summed E-state index contributed by atoms with van der Waals surface area (Å²) < 4.78 is 1.12. The normalized spacial score (nSPS) is 10.9. The van der Waals surface area contributed by atoms with E-state index in [9.17, 15) is 4.79 Å². The number of fused-ring (bicyclic) bond motifs is 1. The first-order valence-corrected chi connectivity index (χ1v) is 8.25. The Morgan fingerprint density at radius 2 is 2.10 bits per heavy atom. The highest BCUT2D eigenvalue weighted by atomic mass is 32.2. The molecule has 0 fully saturated rings. The smallest absolute Gasteiger partial charge is 0.272 e. The average Bonchev–Trinajstić information content (AvgIpc) is 2.96. The Balaban J connectivity index is 1.86. The van der Waals surface area contributed by atoms with Gasteiger partial charge in [-0.25, -0.2) is 0 Å². The van der Waals surface area contributed by atoms with Crippen LogP contribution in [0.4, 0.5) is 5.69 Å². The van der Waals surface area contributed by atoms with Crippen molar-refractivity contribution in [3.8, 4) is 0 Å². The van der Waals surface area contributed by atoms with E-state index in [2.05, 4.69) is 23.3 Å². The highest BCUT2D eigenvalue weighted by Gasteiger charge is 2.12. The number of H-pyrrole nitrogens is 1. The van der Waals surface area contributed by atoms with Crippen molar-refractivity contribution in [1.29, 1.82) is 0 Å². The van der Waals surface area contributed by atoms with Crippen LogP contribution in [0.2, 0.25) is 0 Å². The summed E-state index contributed by atoms with van der Waals surface area (Å²) in [5.74, 6) is -0.104. The number of aromatic nitrogens is 1. The van der Waals surface area contributed by atoms with Gasteiger partial charge in [-0.2, -0.15) is 0 Å². The zero-order valence-corrected chi connectivity index (χ0v) is 12.8. The third-order valence-corrected chi connectivity index (χ3v) is 4.82. The summed E-state index contributed by atoms with van der Waals surface area (Å²) >= 11 is 3.31. The van der Waals surface area contributed by atoms with E-state index in [1.807, 2.05) is 36.6 Å². The van der Waals surface area contributed by atoms with Crippen LogP contribution in [0.5, 0.6) is 0 Å². The second-order valence-electron chi connectivity index (χ2n) is 4.47. The molecule has 102 valence electrons. The van der Waals surface area contributed by atoms with Crippen LogP contribution in [0.3, 0.4) is 0 Å². The SMILES string of the molecule is CSc1ccccc1NC(=O)c1cc2sc(C)cc2[nH]1. The number of hydrogen-bond donors (Lipinski definition) is 2. The Bertz CT molecular complexity index is 742. The number of thioether (sulfide) groups is 1. The summed E-state index contributed by atoms with van der Waals surface area (Å²) in [7, 11) is 0. The van der Waals surface area contributed by atoms with Gasteiger partial charge >= 0.3 is 0 Å². The van der Waals surface area contributed by atoms with E-state index < -0.39 is 0 Å². The molecule has 0 atom stereocenters. The lowest BCUT2D eigenvalue weighted by molar-refractivity contribution is 0.102. The quantitative estimate of drug-likeness (QED) is 0.699. The molecule has 0 aliphatic carbocycles. The molecule has 0 bridgehead atoms. The number of carbonyl (C=O) groups excluding carboxylic acids is 1. The maximum atomic E-state index is 12.3. The Hall–Kier alpha value is -1.72. The zero-order chi connectivity index (χ0) is 14.1. The number of amides is 1. The van der Waals surface area contributed by atoms with Crippen LogP contribution in [-0.2, 0) is 0 Å². The molecule has 2 heterocycles. The van der Waals surface area contributed by atoms with Gasteiger partial charge in [-0.05, 0) is 37.4 Å². The van der Waals surface area contributed by atoms with Gasteiger partial charge in [-0.15, -0.1) is 23.1 Å². The first kappa shape index (κ1) is 13.3. The first-order valence-electron chi connectivity index (χ1n) is 6.21. The number of aromatic amines is 1. The molecule has 20 heavy (non-hydrogen) atoms.